The highest BCUT2D eigenvalue weighted by Gasteiger charge is 2.54. The van der Waals surface area contributed by atoms with E-state index in [2.05, 4.69) is 40.4 Å². The lowest BCUT2D eigenvalue weighted by molar-refractivity contribution is 0.286. The monoisotopic (exact) mass is 216 g/mol. The van der Waals surface area contributed by atoms with Gasteiger partial charge in [-0.25, -0.2) is 0 Å². The van der Waals surface area contributed by atoms with E-state index in [0.29, 0.717) is 5.92 Å². The molecule has 0 spiro atoms. The zero-order chi connectivity index (χ0) is 11.0. The SMILES string of the molecule is ON=CC1[C@H]2CN(Cc3ccccc3)C[C@@H]12. The van der Waals surface area contributed by atoms with Crippen LogP contribution in [0.5, 0.6) is 0 Å². The first-order chi connectivity index (χ1) is 7.88. The fraction of sp³-hybridized carbons (Fsp3) is 0.462. The number of hydrogen-bond acceptors (Lipinski definition) is 3. The summed E-state index contributed by atoms with van der Waals surface area (Å²) in [6, 6.07) is 10.6. The average Bonchev–Trinajstić information content (AvgIpc) is 2.76. The van der Waals surface area contributed by atoms with Gasteiger partial charge in [-0.1, -0.05) is 30.3 Å². The molecule has 1 aliphatic carbocycles. The Labute approximate surface area is 95.4 Å². The van der Waals surface area contributed by atoms with E-state index in [1.165, 1.54) is 5.56 Å². The van der Waals surface area contributed by atoms with Crippen LogP contribution in [0.4, 0.5) is 0 Å². The molecule has 1 heterocycles. The van der Waals surface area contributed by atoms with Crippen molar-refractivity contribution >= 4 is 6.21 Å². The van der Waals surface area contributed by atoms with Crippen molar-refractivity contribution in [1.29, 1.82) is 0 Å². The number of nitrogens with zero attached hydrogens (tertiary/aromatic N) is 2. The van der Waals surface area contributed by atoms with E-state index in [1.807, 2.05) is 0 Å². The smallest absolute Gasteiger partial charge is 0.0473 e. The third-order valence-corrected chi connectivity index (χ3v) is 3.82. The van der Waals surface area contributed by atoms with Gasteiger partial charge in [0.2, 0.25) is 0 Å². The molecule has 3 heteroatoms. The van der Waals surface area contributed by atoms with Gasteiger partial charge < -0.3 is 5.21 Å². The molecular weight excluding hydrogens is 200 g/mol. The van der Waals surface area contributed by atoms with E-state index in [0.717, 1.165) is 31.5 Å². The zero-order valence-electron chi connectivity index (χ0n) is 9.16. The van der Waals surface area contributed by atoms with Crippen molar-refractivity contribution in [2.24, 2.45) is 22.9 Å². The van der Waals surface area contributed by atoms with Gasteiger partial charge in [-0.3, -0.25) is 4.90 Å². The van der Waals surface area contributed by atoms with Crippen LogP contribution in [0.1, 0.15) is 5.56 Å². The van der Waals surface area contributed by atoms with Crippen LogP contribution in [0.15, 0.2) is 35.5 Å². The van der Waals surface area contributed by atoms with E-state index >= 15 is 0 Å². The van der Waals surface area contributed by atoms with Crippen molar-refractivity contribution in [2.45, 2.75) is 6.54 Å². The maximum absolute atomic E-state index is 8.49. The second kappa shape index (κ2) is 3.91. The van der Waals surface area contributed by atoms with Crippen molar-refractivity contribution < 1.29 is 5.21 Å². The zero-order valence-corrected chi connectivity index (χ0v) is 9.16. The van der Waals surface area contributed by atoms with Gasteiger partial charge in [-0.05, 0) is 17.4 Å². The minimum Gasteiger partial charge on any atom is -0.411 e. The number of benzene rings is 1. The van der Waals surface area contributed by atoms with Crippen LogP contribution in [0.25, 0.3) is 0 Å². The van der Waals surface area contributed by atoms with Gasteiger partial charge in [0, 0.05) is 31.8 Å². The van der Waals surface area contributed by atoms with Crippen LogP contribution in [0.2, 0.25) is 0 Å². The standard InChI is InChI=1S/C13H16N2O/c16-14-6-11-12-8-15(9-13(11)12)7-10-4-2-1-3-5-10/h1-6,11-13,16H,7-9H2/t11?,12-,13+. The van der Waals surface area contributed by atoms with Crippen molar-refractivity contribution in [2.75, 3.05) is 13.1 Å². The van der Waals surface area contributed by atoms with Crippen LogP contribution in [0.3, 0.4) is 0 Å². The van der Waals surface area contributed by atoms with Crippen molar-refractivity contribution in [3.8, 4) is 0 Å². The van der Waals surface area contributed by atoms with Crippen LogP contribution < -0.4 is 0 Å². The molecule has 0 bridgehead atoms. The Morgan fingerprint density at radius 1 is 1.25 bits per heavy atom. The summed E-state index contributed by atoms with van der Waals surface area (Å²) in [4.78, 5) is 2.49. The molecule has 0 radical (unpaired) electrons. The summed E-state index contributed by atoms with van der Waals surface area (Å²) in [6.45, 7) is 3.35. The quantitative estimate of drug-likeness (QED) is 0.475. The summed E-state index contributed by atoms with van der Waals surface area (Å²) in [5, 5.41) is 11.6. The van der Waals surface area contributed by atoms with Gasteiger partial charge in [-0.2, -0.15) is 0 Å². The van der Waals surface area contributed by atoms with Crippen LogP contribution >= 0.6 is 0 Å². The van der Waals surface area contributed by atoms with Crippen molar-refractivity contribution in [3.63, 3.8) is 0 Å². The molecule has 1 unspecified atom stereocenters. The number of fused-ring (bicyclic) bond motifs is 1. The lowest BCUT2D eigenvalue weighted by Gasteiger charge is -2.18. The van der Waals surface area contributed by atoms with Crippen LogP contribution in [-0.4, -0.2) is 29.4 Å². The average molecular weight is 216 g/mol. The summed E-state index contributed by atoms with van der Waals surface area (Å²) in [6.07, 6.45) is 1.70. The number of hydrogen-bond donors (Lipinski definition) is 1. The highest BCUT2D eigenvalue weighted by molar-refractivity contribution is 5.65. The van der Waals surface area contributed by atoms with Gasteiger partial charge >= 0.3 is 0 Å². The summed E-state index contributed by atoms with van der Waals surface area (Å²) in [5.74, 6) is 2.01. The van der Waals surface area contributed by atoms with E-state index in [1.54, 1.807) is 6.21 Å². The Kier molecular flexibility index (Phi) is 2.40. The first-order valence-electron chi connectivity index (χ1n) is 5.82. The molecule has 2 fully saturated rings. The summed E-state index contributed by atoms with van der Waals surface area (Å²) in [5.41, 5.74) is 1.39. The van der Waals surface area contributed by atoms with Crippen molar-refractivity contribution in [1.82, 2.24) is 4.90 Å². The molecule has 1 aromatic rings. The van der Waals surface area contributed by atoms with E-state index < -0.39 is 0 Å². The van der Waals surface area contributed by atoms with Gasteiger partial charge in [-0.15, -0.1) is 5.16 Å². The second-order valence-electron chi connectivity index (χ2n) is 4.85. The maximum Gasteiger partial charge on any atom is 0.0473 e. The second-order valence-corrected chi connectivity index (χ2v) is 4.85. The van der Waals surface area contributed by atoms with Crippen LogP contribution in [0, 0.1) is 17.8 Å². The maximum atomic E-state index is 8.49. The Hall–Kier alpha value is -1.35. The Bertz CT molecular complexity index is 378. The number of likely N-dealkylation sites (tertiary alicyclic amines) is 1. The van der Waals surface area contributed by atoms with E-state index in [4.69, 9.17) is 5.21 Å². The molecule has 1 saturated heterocycles. The first kappa shape index (κ1) is 9.85. The molecule has 3 rings (SSSR count). The van der Waals surface area contributed by atoms with Crippen molar-refractivity contribution in [3.05, 3.63) is 35.9 Å². The molecule has 1 saturated carbocycles. The van der Waals surface area contributed by atoms with Gasteiger partial charge in [0.25, 0.3) is 0 Å². The van der Waals surface area contributed by atoms with Gasteiger partial charge in [0.05, 0.1) is 0 Å². The molecular formula is C13H16N2O. The fourth-order valence-electron chi connectivity index (χ4n) is 2.93. The molecule has 1 aliphatic heterocycles. The number of piperidine rings is 1. The molecule has 0 amide bonds. The lowest BCUT2D eigenvalue weighted by atomic mass is 10.2. The largest absolute Gasteiger partial charge is 0.411 e. The summed E-state index contributed by atoms with van der Waals surface area (Å²) < 4.78 is 0. The highest BCUT2D eigenvalue weighted by atomic mass is 16.4. The molecule has 1 N–H and O–H groups in total. The predicted molar refractivity (Wildman–Crippen MR) is 62.5 cm³/mol. The molecule has 16 heavy (non-hydrogen) atoms. The molecule has 3 atom stereocenters. The van der Waals surface area contributed by atoms with Gasteiger partial charge in [0.15, 0.2) is 0 Å². The molecule has 2 aliphatic rings. The normalized spacial score (nSPS) is 33.1. The highest BCUT2D eigenvalue weighted by Crippen LogP contribution is 2.50. The minimum atomic E-state index is 0.539. The van der Waals surface area contributed by atoms with E-state index in [9.17, 15) is 0 Å². The molecule has 84 valence electrons. The lowest BCUT2D eigenvalue weighted by Crippen LogP contribution is -2.24. The Morgan fingerprint density at radius 2 is 1.94 bits per heavy atom. The summed E-state index contributed by atoms with van der Waals surface area (Å²) >= 11 is 0. The third kappa shape index (κ3) is 1.71. The van der Waals surface area contributed by atoms with E-state index in [-0.39, 0.29) is 0 Å². The number of oxime groups is 1. The topological polar surface area (TPSA) is 35.8 Å². The molecule has 3 nitrogen and oxygen atoms in total. The number of rotatable bonds is 3. The molecule has 1 aromatic carbocycles. The fourth-order valence-corrected chi connectivity index (χ4v) is 2.93. The minimum absolute atomic E-state index is 0.539. The van der Waals surface area contributed by atoms with Crippen LogP contribution in [-0.2, 0) is 6.54 Å². The molecule has 0 aromatic heterocycles. The predicted octanol–water partition coefficient (Wildman–Crippen LogP) is 1.82. The van der Waals surface area contributed by atoms with Gasteiger partial charge in [0.1, 0.15) is 0 Å². The first-order valence-corrected chi connectivity index (χ1v) is 5.82. The Balaban J connectivity index is 1.55. The summed E-state index contributed by atoms with van der Waals surface area (Å²) in [7, 11) is 0. The Morgan fingerprint density at radius 3 is 2.56 bits per heavy atom. The third-order valence-electron chi connectivity index (χ3n) is 3.82.